The molecule has 3 aliphatic heterocycles. The maximum absolute atomic E-state index is 15.6. The molecule has 62 heavy (non-hydrogen) atoms. The number of nitrogens with zero attached hydrogens (tertiary/aromatic N) is 10. The number of aromatic hydroxyl groups is 3. The Hall–Kier alpha value is -5.68. The highest BCUT2D eigenvalue weighted by Crippen LogP contribution is 2.40. The Labute approximate surface area is 367 Å². The third-order valence-corrected chi connectivity index (χ3v) is 14.0. The van der Waals surface area contributed by atoms with Gasteiger partial charge >= 0.3 is 6.01 Å². The van der Waals surface area contributed by atoms with Crippen molar-refractivity contribution < 1.29 is 24.5 Å². The van der Waals surface area contributed by atoms with E-state index in [9.17, 15) is 20.1 Å². The Balaban J connectivity index is 0.797. The second-order valence-corrected chi connectivity index (χ2v) is 18.2. The number of thiophene rings is 1. The van der Waals surface area contributed by atoms with E-state index in [1.54, 1.807) is 30.4 Å². The van der Waals surface area contributed by atoms with Crippen molar-refractivity contribution in [2.24, 2.45) is 10.9 Å². The van der Waals surface area contributed by atoms with Crippen LogP contribution in [0.5, 0.6) is 17.5 Å². The van der Waals surface area contributed by atoms with Gasteiger partial charge in [-0.2, -0.15) is 0 Å². The van der Waals surface area contributed by atoms with Crippen LogP contribution in [0.2, 0.25) is 5.02 Å². The smallest absolute Gasteiger partial charge is 0.319 e. The first-order valence-electron chi connectivity index (χ1n) is 20.9. The van der Waals surface area contributed by atoms with Gasteiger partial charge in [0.1, 0.15) is 34.2 Å². The largest absolute Gasteiger partial charge is 0.508 e. The molecule has 0 unspecified atom stereocenters. The first kappa shape index (κ1) is 41.7. The van der Waals surface area contributed by atoms with Crippen LogP contribution in [0.15, 0.2) is 59.6 Å². The summed E-state index contributed by atoms with van der Waals surface area (Å²) in [6, 6.07) is 14.2. The number of carbonyl (C=O) groups is 1. The van der Waals surface area contributed by atoms with E-state index in [0.29, 0.717) is 53.2 Å². The first-order valence-corrected chi connectivity index (χ1v) is 22.1. The standard InChI is InChI=1S/C45H48ClFN10O4S/c1-25-19-34(38(59)22-37(25)58)42-50-52-45(61)57(42)33-10-7-31(35(47)20-33)24-54-17-15-53(16-18-54)23-29-11-13-55(14-12-29)39(60)21-36-43-51-49-28(4)56(43)44-40(26(2)27(3)62-44)41(48-36)30-5-8-32(46)9-6-30/h5-10,19-20,22,29,36,58-59H,11-18,21,23-24H2,1-4H3,(H,52,61)/t36-/m0/s1. The second kappa shape index (κ2) is 16.9. The lowest BCUT2D eigenvalue weighted by atomic mass is 9.95. The van der Waals surface area contributed by atoms with E-state index >= 15 is 4.39 Å². The SMILES string of the molecule is Cc1cc(-c2nnc(O)n2-c2ccc(CN3CCN(CC4CCN(C(=O)C[C@@H]5N=C(c6ccc(Cl)cc6)c6c(sc(C)c6C)-n6c(C)nnc65)CC4)CC3)c(F)c2)c(O)cc1O. The molecule has 2 saturated heterocycles. The van der Waals surface area contributed by atoms with Gasteiger partial charge in [-0.15, -0.1) is 26.6 Å². The quantitative estimate of drug-likeness (QED) is 0.137. The minimum atomic E-state index is -0.499. The Morgan fingerprint density at radius 3 is 2.29 bits per heavy atom. The molecular weight excluding hydrogens is 831 g/mol. The maximum Gasteiger partial charge on any atom is 0.319 e. The number of likely N-dealkylation sites (tertiary alicyclic amines) is 1. The van der Waals surface area contributed by atoms with Gasteiger partial charge in [0.2, 0.25) is 5.91 Å². The number of aromatic nitrogens is 6. The second-order valence-electron chi connectivity index (χ2n) is 16.6. The number of piperidine rings is 1. The Morgan fingerprint density at radius 1 is 0.839 bits per heavy atom. The van der Waals surface area contributed by atoms with Gasteiger partial charge < -0.3 is 25.1 Å². The molecule has 9 rings (SSSR count). The van der Waals surface area contributed by atoms with E-state index in [1.807, 2.05) is 36.1 Å². The van der Waals surface area contributed by atoms with Gasteiger partial charge in [0.15, 0.2) is 11.6 Å². The summed E-state index contributed by atoms with van der Waals surface area (Å²) in [5.41, 5.74) is 5.55. The number of phenolic OH excluding ortho intramolecular Hbond substituents is 2. The van der Waals surface area contributed by atoms with Crippen LogP contribution in [0.1, 0.15) is 69.6 Å². The third-order valence-electron chi connectivity index (χ3n) is 12.6. The molecule has 3 aliphatic rings. The van der Waals surface area contributed by atoms with Gasteiger partial charge in [-0.25, -0.2) is 8.96 Å². The first-order chi connectivity index (χ1) is 29.8. The number of amides is 1. The molecule has 1 amide bonds. The highest BCUT2D eigenvalue weighted by atomic mass is 35.5. The van der Waals surface area contributed by atoms with Crippen molar-refractivity contribution in [1.29, 1.82) is 0 Å². The Kier molecular flexibility index (Phi) is 11.3. The lowest BCUT2D eigenvalue weighted by Crippen LogP contribution is -2.49. The third kappa shape index (κ3) is 7.96. The van der Waals surface area contributed by atoms with Crippen LogP contribution in [0.25, 0.3) is 22.1 Å². The van der Waals surface area contributed by atoms with Crippen molar-refractivity contribution in [3.05, 3.63) is 110 Å². The van der Waals surface area contributed by atoms with Crippen LogP contribution in [-0.4, -0.2) is 117 Å². The number of benzene rings is 3. The van der Waals surface area contributed by atoms with Gasteiger partial charge in [-0.1, -0.05) is 34.9 Å². The summed E-state index contributed by atoms with van der Waals surface area (Å²) >= 11 is 7.98. The molecule has 0 aliphatic carbocycles. The zero-order chi connectivity index (χ0) is 43.4. The van der Waals surface area contributed by atoms with Crippen LogP contribution in [0.3, 0.4) is 0 Å². The minimum Gasteiger partial charge on any atom is -0.508 e. The Bertz CT molecular complexity index is 2700. The summed E-state index contributed by atoms with van der Waals surface area (Å²) in [4.78, 5) is 27.2. The average Bonchev–Trinajstić information content (AvgIpc) is 3.90. The predicted molar refractivity (Wildman–Crippen MR) is 235 cm³/mol. The Morgan fingerprint density at radius 2 is 1.56 bits per heavy atom. The molecule has 6 heterocycles. The number of fused-ring (bicyclic) bond motifs is 3. The van der Waals surface area contributed by atoms with Crippen molar-refractivity contribution in [1.82, 2.24) is 44.2 Å². The van der Waals surface area contributed by atoms with Crippen LogP contribution in [0, 0.1) is 39.4 Å². The number of phenols is 2. The molecule has 3 N–H and O–H groups in total. The number of hydrogen-bond donors (Lipinski definition) is 3. The van der Waals surface area contributed by atoms with E-state index in [1.165, 1.54) is 27.6 Å². The molecule has 2 fully saturated rings. The maximum atomic E-state index is 15.6. The number of hydrogen-bond acceptors (Lipinski definition) is 12. The van der Waals surface area contributed by atoms with Crippen LogP contribution < -0.4 is 0 Å². The summed E-state index contributed by atoms with van der Waals surface area (Å²) in [5, 5.41) is 49.5. The summed E-state index contributed by atoms with van der Waals surface area (Å²) in [6.07, 6.45) is 2.05. The summed E-state index contributed by atoms with van der Waals surface area (Å²) < 4.78 is 19.0. The molecule has 3 aromatic heterocycles. The van der Waals surface area contributed by atoms with E-state index in [4.69, 9.17) is 16.6 Å². The van der Waals surface area contributed by atoms with Gasteiger partial charge in [-0.3, -0.25) is 19.3 Å². The average molecular weight is 879 g/mol. The number of carbonyl (C=O) groups excluding carboxylic acids is 1. The molecule has 6 aromatic rings. The predicted octanol–water partition coefficient (Wildman–Crippen LogP) is 7.06. The van der Waals surface area contributed by atoms with Crippen LogP contribution >= 0.6 is 22.9 Å². The van der Waals surface area contributed by atoms with E-state index in [0.717, 1.165) is 78.8 Å². The molecule has 14 nitrogen and oxygen atoms in total. The summed E-state index contributed by atoms with van der Waals surface area (Å²) in [5.74, 6) is 1.35. The van der Waals surface area contributed by atoms with Crippen LogP contribution in [0.4, 0.5) is 4.39 Å². The number of aliphatic imine (C=N–C) groups is 1. The van der Waals surface area contributed by atoms with Crippen molar-refractivity contribution in [2.75, 3.05) is 45.8 Å². The zero-order valence-electron chi connectivity index (χ0n) is 35.0. The minimum absolute atomic E-state index is 0.0672. The molecule has 0 saturated carbocycles. The van der Waals surface area contributed by atoms with Crippen molar-refractivity contribution in [2.45, 2.75) is 59.5 Å². The van der Waals surface area contributed by atoms with Crippen molar-refractivity contribution in [3.63, 3.8) is 0 Å². The normalized spacial score (nSPS) is 17.5. The zero-order valence-corrected chi connectivity index (χ0v) is 36.6. The molecule has 0 bridgehead atoms. The van der Waals surface area contributed by atoms with Gasteiger partial charge in [0, 0.05) is 85.0 Å². The summed E-state index contributed by atoms with van der Waals surface area (Å²) in [7, 11) is 0. The van der Waals surface area contributed by atoms with E-state index in [-0.39, 0.29) is 35.2 Å². The highest BCUT2D eigenvalue weighted by molar-refractivity contribution is 7.15. The monoisotopic (exact) mass is 878 g/mol. The number of aryl methyl sites for hydroxylation is 3. The molecule has 322 valence electrons. The fraction of sp³-hybridized carbons (Fsp3) is 0.378. The lowest BCUT2D eigenvalue weighted by Gasteiger charge is -2.39. The van der Waals surface area contributed by atoms with Crippen molar-refractivity contribution >= 4 is 34.6 Å². The van der Waals surface area contributed by atoms with Crippen molar-refractivity contribution in [3.8, 4) is 39.6 Å². The molecule has 17 heteroatoms. The van der Waals surface area contributed by atoms with Gasteiger partial charge in [-0.05, 0) is 87.9 Å². The number of halogens is 2. The highest BCUT2D eigenvalue weighted by Gasteiger charge is 2.34. The van der Waals surface area contributed by atoms with E-state index in [2.05, 4.69) is 48.6 Å². The van der Waals surface area contributed by atoms with Gasteiger partial charge in [0.05, 0.1) is 23.4 Å². The molecule has 1 atom stereocenters. The lowest BCUT2D eigenvalue weighted by molar-refractivity contribution is -0.133. The van der Waals surface area contributed by atoms with E-state index < -0.39 is 17.9 Å². The fourth-order valence-electron chi connectivity index (χ4n) is 8.88. The molecule has 3 aromatic carbocycles. The molecule has 0 radical (unpaired) electrons. The van der Waals surface area contributed by atoms with Crippen LogP contribution in [-0.2, 0) is 11.3 Å². The number of rotatable bonds is 9. The topological polar surface area (TPSA) is 161 Å². The molecule has 0 spiro atoms. The van der Waals surface area contributed by atoms with Gasteiger partial charge in [0.25, 0.3) is 0 Å². The number of piperazine rings is 1. The summed E-state index contributed by atoms with van der Waals surface area (Å²) in [6.45, 7) is 14.0. The molecular formula is C45H48ClFN10O4S. The fourth-order valence-corrected chi connectivity index (χ4v) is 10.2.